The molecule has 1 saturated heterocycles. The molecular formula is C23H25N3O3. The number of ether oxygens (including phenoxy) is 1. The number of nitrogens with one attached hydrogen (secondary N) is 3. The maximum atomic E-state index is 12.3. The molecule has 2 heterocycles. The van der Waals surface area contributed by atoms with Gasteiger partial charge in [0.2, 0.25) is 11.8 Å². The normalized spacial score (nSPS) is 16.4. The van der Waals surface area contributed by atoms with Crippen LogP contribution in [0.3, 0.4) is 0 Å². The molecule has 1 aromatic heterocycles. The fourth-order valence-electron chi connectivity index (χ4n) is 3.66. The van der Waals surface area contributed by atoms with Crippen LogP contribution in [0.1, 0.15) is 24.0 Å². The fourth-order valence-corrected chi connectivity index (χ4v) is 3.66. The van der Waals surface area contributed by atoms with E-state index in [2.05, 4.69) is 15.6 Å². The SMILES string of the molecule is O=C1NCCCC1C(=O)NCCc1c[nH]c2ccc(OCc3ccccc3)cc12. The first-order valence-corrected chi connectivity index (χ1v) is 10.0. The van der Waals surface area contributed by atoms with Crippen molar-refractivity contribution in [1.82, 2.24) is 15.6 Å². The van der Waals surface area contributed by atoms with Gasteiger partial charge in [0.1, 0.15) is 18.3 Å². The van der Waals surface area contributed by atoms with Gasteiger partial charge in [-0.05, 0) is 48.6 Å². The van der Waals surface area contributed by atoms with Crippen molar-refractivity contribution < 1.29 is 14.3 Å². The number of hydrogen-bond donors (Lipinski definition) is 3. The van der Waals surface area contributed by atoms with E-state index in [4.69, 9.17) is 4.74 Å². The Hall–Kier alpha value is -3.28. The number of carbonyl (C=O) groups is 2. The maximum absolute atomic E-state index is 12.3. The summed E-state index contributed by atoms with van der Waals surface area (Å²) in [6.07, 6.45) is 4.11. The average molecular weight is 391 g/mol. The van der Waals surface area contributed by atoms with Gasteiger partial charge < -0.3 is 20.4 Å². The van der Waals surface area contributed by atoms with Gasteiger partial charge in [-0.25, -0.2) is 0 Å². The van der Waals surface area contributed by atoms with Crippen LogP contribution in [-0.2, 0) is 22.6 Å². The number of carbonyl (C=O) groups excluding carboxylic acids is 2. The first-order chi connectivity index (χ1) is 14.2. The van der Waals surface area contributed by atoms with Crippen molar-refractivity contribution in [3.8, 4) is 5.75 Å². The van der Waals surface area contributed by atoms with E-state index in [0.717, 1.165) is 34.2 Å². The molecule has 0 aliphatic carbocycles. The molecule has 6 heteroatoms. The minimum Gasteiger partial charge on any atom is -0.489 e. The smallest absolute Gasteiger partial charge is 0.232 e. The molecule has 29 heavy (non-hydrogen) atoms. The van der Waals surface area contributed by atoms with E-state index in [9.17, 15) is 9.59 Å². The Morgan fingerprint density at radius 1 is 1.17 bits per heavy atom. The minimum absolute atomic E-state index is 0.166. The van der Waals surface area contributed by atoms with Crippen molar-refractivity contribution >= 4 is 22.7 Å². The van der Waals surface area contributed by atoms with Crippen molar-refractivity contribution in [2.24, 2.45) is 5.92 Å². The topological polar surface area (TPSA) is 83.2 Å². The Labute approximate surface area is 169 Å². The molecule has 1 fully saturated rings. The Bertz CT molecular complexity index is 997. The van der Waals surface area contributed by atoms with Crippen molar-refractivity contribution in [2.75, 3.05) is 13.1 Å². The molecule has 0 bridgehead atoms. The molecule has 150 valence electrons. The second-order valence-electron chi connectivity index (χ2n) is 7.32. The van der Waals surface area contributed by atoms with E-state index in [1.807, 2.05) is 54.7 Å². The second kappa shape index (κ2) is 8.82. The summed E-state index contributed by atoms with van der Waals surface area (Å²) in [4.78, 5) is 27.4. The predicted octanol–water partition coefficient (Wildman–Crippen LogP) is 2.93. The molecule has 0 radical (unpaired) electrons. The minimum atomic E-state index is -0.565. The lowest BCUT2D eigenvalue weighted by Gasteiger charge is -2.20. The van der Waals surface area contributed by atoms with Crippen LogP contribution in [0.4, 0.5) is 0 Å². The van der Waals surface area contributed by atoms with E-state index in [0.29, 0.717) is 32.5 Å². The second-order valence-corrected chi connectivity index (χ2v) is 7.32. The van der Waals surface area contributed by atoms with Crippen molar-refractivity contribution in [1.29, 1.82) is 0 Å². The molecule has 1 aliphatic heterocycles. The van der Waals surface area contributed by atoms with E-state index < -0.39 is 5.92 Å². The van der Waals surface area contributed by atoms with Gasteiger partial charge >= 0.3 is 0 Å². The van der Waals surface area contributed by atoms with Crippen LogP contribution in [0.25, 0.3) is 10.9 Å². The van der Waals surface area contributed by atoms with Gasteiger partial charge in [-0.1, -0.05) is 30.3 Å². The number of benzene rings is 2. The third-order valence-corrected chi connectivity index (χ3v) is 5.28. The summed E-state index contributed by atoms with van der Waals surface area (Å²) in [5.74, 6) is -0.107. The monoisotopic (exact) mass is 391 g/mol. The van der Waals surface area contributed by atoms with Crippen LogP contribution in [0.5, 0.6) is 5.75 Å². The molecule has 2 aromatic carbocycles. The number of hydrogen-bond acceptors (Lipinski definition) is 3. The number of fused-ring (bicyclic) bond motifs is 1. The zero-order valence-electron chi connectivity index (χ0n) is 16.2. The number of aromatic nitrogens is 1. The van der Waals surface area contributed by atoms with E-state index in [1.54, 1.807) is 0 Å². The van der Waals surface area contributed by atoms with Crippen LogP contribution in [0.2, 0.25) is 0 Å². The molecule has 3 N–H and O–H groups in total. The van der Waals surface area contributed by atoms with Gasteiger partial charge in [0.15, 0.2) is 0 Å². The third-order valence-electron chi connectivity index (χ3n) is 5.28. The third kappa shape index (κ3) is 4.59. The molecule has 1 aliphatic rings. The lowest BCUT2D eigenvalue weighted by atomic mass is 9.98. The largest absolute Gasteiger partial charge is 0.489 e. The van der Waals surface area contributed by atoms with E-state index in [1.165, 1.54) is 0 Å². The summed E-state index contributed by atoms with van der Waals surface area (Å²) in [6.45, 7) is 1.67. The number of piperidine rings is 1. The number of H-pyrrole nitrogens is 1. The zero-order valence-corrected chi connectivity index (χ0v) is 16.2. The summed E-state index contributed by atoms with van der Waals surface area (Å²) in [7, 11) is 0. The van der Waals surface area contributed by atoms with Crippen LogP contribution in [0, 0.1) is 5.92 Å². The Morgan fingerprint density at radius 3 is 2.86 bits per heavy atom. The van der Waals surface area contributed by atoms with Crippen LogP contribution in [0.15, 0.2) is 54.7 Å². The molecule has 2 amide bonds. The summed E-state index contributed by atoms with van der Waals surface area (Å²) < 4.78 is 5.93. The van der Waals surface area contributed by atoms with Crippen molar-refractivity contribution in [3.63, 3.8) is 0 Å². The number of rotatable bonds is 7. The van der Waals surface area contributed by atoms with Gasteiger partial charge in [0, 0.05) is 30.2 Å². The summed E-state index contributed by atoms with van der Waals surface area (Å²) in [6, 6.07) is 16.0. The quantitative estimate of drug-likeness (QED) is 0.542. The van der Waals surface area contributed by atoms with Crippen LogP contribution < -0.4 is 15.4 Å². The highest BCUT2D eigenvalue weighted by Gasteiger charge is 2.28. The Kier molecular flexibility index (Phi) is 5.79. The predicted molar refractivity (Wildman–Crippen MR) is 112 cm³/mol. The number of aromatic amines is 1. The molecule has 0 saturated carbocycles. The van der Waals surface area contributed by atoms with Crippen LogP contribution in [-0.4, -0.2) is 29.9 Å². The first kappa shape index (κ1) is 19.1. The van der Waals surface area contributed by atoms with Crippen LogP contribution >= 0.6 is 0 Å². The number of amides is 2. The molecule has 0 spiro atoms. The zero-order chi connectivity index (χ0) is 20.1. The lowest BCUT2D eigenvalue weighted by Crippen LogP contribution is -2.45. The van der Waals surface area contributed by atoms with Gasteiger partial charge in [-0.2, -0.15) is 0 Å². The summed E-state index contributed by atoms with van der Waals surface area (Å²) in [5.41, 5.74) is 3.26. The highest BCUT2D eigenvalue weighted by Crippen LogP contribution is 2.24. The first-order valence-electron chi connectivity index (χ1n) is 10.0. The van der Waals surface area contributed by atoms with Gasteiger partial charge in [-0.15, -0.1) is 0 Å². The van der Waals surface area contributed by atoms with E-state index >= 15 is 0 Å². The summed E-state index contributed by atoms with van der Waals surface area (Å²) >= 11 is 0. The van der Waals surface area contributed by atoms with Crippen molar-refractivity contribution in [2.45, 2.75) is 25.9 Å². The maximum Gasteiger partial charge on any atom is 0.232 e. The van der Waals surface area contributed by atoms with Crippen molar-refractivity contribution in [3.05, 3.63) is 65.9 Å². The molecular weight excluding hydrogens is 366 g/mol. The molecule has 4 rings (SSSR count). The molecule has 3 aromatic rings. The molecule has 1 atom stereocenters. The molecule has 6 nitrogen and oxygen atoms in total. The van der Waals surface area contributed by atoms with E-state index in [-0.39, 0.29) is 11.8 Å². The highest BCUT2D eigenvalue weighted by atomic mass is 16.5. The van der Waals surface area contributed by atoms with Gasteiger partial charge in [-0.3, -0.25) is 9.59 Å². The highest BCUT2D eigenvalue weighted by molar-refractivity contribution is 6.00. The fraction of sp³-hybridized carbons (Fsp3) is 0.304. The summed E-state index contributed by atoms with van der Waals surface area (Å²) in [5, 5.41) is 6.74. The Balaban J connectivity index is 1.36. The Morgan fingerprint density at radius 2 is 2.03 bits per heavy atom. The lowest BCUT2D eigenvalue weighted by molar-refractivity contribution is -0.136. The molecule has 1 unspecified atom stereocenters. The van der Waals surface area contributed by atoms with Gasteiger partial charge in [0.05, 0.1) is 0 Å². The average Bonchev–Trinajstić information content (AvgIpc) is 3.15. The standard InChI is InChI=1S/C23H25N3O3/c27-22-19(7-4-11-24-22)23(28)25-12-10-17-14-26-21-9-8-18(13-20(17)21)29-15-16-5-2-1-3-6-16/h1-3,5-6,8-9,13-14,19,26H,4,7,10-12,15H2,(H,24,27)(H,25,28). The van der Waals surface area contributed by atoms with Gasteiger partial charge in [0.25, 0.3) is 0 Å².